The smallest absolute Gasteiger partial charge is 0.258 e. The minimum atomic E-state index is -0.201. The molecule has 1 aliphatic rings. The van der Waals surface area contributed by atoms with Crippen molar-refractivity contribution >= 4 is 45.4 Å². The van der Waals surface area contributed by atoms with E-state index in [2.05, 4.69) is 31.4 Å². The van der Waals surface area contributed by atoms with Crippen LogP contribution in [0.25, 0.3) is 0 Å². The highest BCUT2D eigenvalue weighted by atomic mass is 35.5. The summed E-state index contributed by atoms with van der Waals surface area (Å²) in [5.41, 5.74) is 2.53. The number of rotatable bonds is 3. The Morgan fingerprint density at radius 2 is 1.96 bits per heavy atom. The standard InChI is InChI=1S/C21H25ClN2O2S/c1-12(25)23-20-18(19(26)24-15-7-5-6-14(22)11-15)16-9-8-13(21(2,3)4)10-17(16)27-20/h5-7,11,13H,8-10H2,1-4H3,(H,23,25)(H,24,26). The number of carbonyl (C=O) groups is 2. The monoisotopic (exact) mass is 404 g/mol. The van der Waals surface area contributed by atoms with Crippen LogP contribution < -0.4 is 10.6 Å². The molecule has 2 N–H and O–H groups in total. The second kappa shape index (κ2) is 7.64. The van der Waals surface area contributed by atoms with Gasteiger partial charge in [-0.15, -0.1) is 11.3 Å². The van der Waals surface area contributed by atoms with Gasteiger partial charge in [0, 0.05) is 22.5 Å². The van der Waals surface area contributed by atoms with Crippen molar-refractivity contribution in [1.29, 1.82) is 0 Å². The first-order valence-corrected chi connectivity index (χ1v) is 10.3. The Labute approximate surface area is 169 Å². The molecule has 4 nitrogen and oxygen atoms in total. The summed E-state index contributed by atoms with van der Waals surface area (Å²) in [4.78, 5) is 25.9. The van der Waals surface area contributed by atoms with Crippen molar-refractivity contribution in [1.82, 2.24) is 0 Å². The van der Waals surface area contributed by atoms with E-state index in [9.17, 15) is 9.59 Å². The van der Waals surface area contributed by atoms with Crippen molar-refractivity contribution in [3.05, 3.63) is 45.3 Å². The Kier molecular flexibility index (Phi) is 5.63. The summed E-state index contributed by atoms with van der Waals surface area (Å²) < 4.78 is 0. The number of anilines is 2. The average Bonchev–Trinajstić information content (AvgIpc) is 2.90. The molecule has 0 saturated heterocycles. The highest BCUT2D eigenvalue weighted by Crippen LogP contribution is 2.44. The first-order valence-electron chi connectivity index (χ1n) is 9.14. The molecule has 0 radical (unpaired) electrons. The van der Waals surface area contributed by atoms with Crippen LogP contribution in [0.4, 0.5) is 10.7 Å². The van der Waals surface area contributed by atoms with Crippen molar-refractivity contribution in [3.8, 4) is 0 Å². The van der Waals surface area contributed by atoms with Crippen LogP contribution in [0.5, 0.6) is 0 Å². The van der Waals surface area contributed by atoms with E-state index in [0.717, 1.165) is 24.8 Å². The Hall–Kier alpha value is -1.85. The molecule has 6 heteroatoms. The normalized spacial score (nSPS) is 16.6. The van der Waals surface area contributed by atoms with Gasteiger partial charge in [0.1, 0.15) is 5.00 Å². The van der Waals surface area contributed by atoms with Crippen molar-refractivity contribution < 1.29 is 9.59 Å². The van der Waals surface area contributed by atoms with Crippen LogP contribution in [0.3, 0.4) is 0 Å². The highest BCUT2D eigenvalue weighted by molar-refractivity contribution is 7.17. The number of halogens is 1. The average molecular weight is 405 g/mol. The van der Waals surface area contributed by atoms with Crippen LogP contribution in [0.1, 0.15) is 54.9 Å². The lowest BCUT2D eigenvalue weighted by Gasteiger charge is -2.33. The number of amides is 2. The van der Waals surface area contributed by atoms with Crippen molar-refractivity contribution in [3.63, 3.8) is 0 Å². The fraction of sp³-hybridized carbons (Fsp3) is 0.429. The van der Waals surface area contributed by atoms with Gasteiger partial charge in [-0.25, -0.2) is 0 Å². The lowest BCUT2D eigenvalue weighted by molar-refractivity contribution is -0.114. The molecular formula is C21H25ClN2O2S. The predicted octanol–water partition coefficient (Wildman–Crippen LogP) is 5.76. The van der Waals surface area contributed by atoms with E-state index in [4.69, 9.17) is 11.6 Å². The van der Waals surface area contributed by atoms with E-state index in [-0.39, 0.29) is 17.2 Å². The molecule has 144 valence electrons. The Balaban J connectivity index is 1.95. The molecule has 0 aliphatic heterocycles. The molecule has 1 atom stereocenters. The maximum atomic E-state index is 13.0. The number of benzene rings is 1. The lowest BCUT2D eigenvalue weighted by atomic mass is 9.72. The minimum Gasteiger partial charge on any atom is -0.322 e. The molecule has 1 aromatic heterocycles. The summed E-state index contributed by atoms with van der Waals surface area (Å²) in [6.45, 7) is 8.25. The molecule has 1 aromatic carbocycles. The van der Waals surface area contributed by atoms with Gasteiger partial charge >= 0.3 is 0 Å². The zero-order valence-electron chi connectivity index (χ0n) is 16.1. The van der Waals surface area contributed by atoms with Gasteiger partial charge in [0.15, 0.2) is 0 Å². The van der Waals surface area contributed by atoms with Gasteiger partial charge in [0.05, 0.1) is 5.56 Å². The molecule has 0 bridgehead atoms. The Morgan fingerprint density at radius 1 is 1.22 bits per heavy atom. The minimum absolute atomic E-state index is 0.169. The molecule has 1 unspecified atom stereocenters. The number of nitrogens with one attached hydrogen (secondary N) is 2. The van der Waals surface area contributed by atoms with Gasteiger partial charge in [-0.1, -0.05) is 38.4 Å². The molecule has 2 amide bonds. The summed E-state index contributed by atoms with van der Waals surface area (Å²) in [6, 6.07) is 7.07. The summed E-state index contributed by atoms with van der Waals surface area (Å²) in [7, 11) is 0. The van der Waals surface area contributed by atoms with E-state index < -0.39 is 0 Å². The van der Waals surface area contributed by atoms with E-state index in [0.29, 0.717) is 27.2 Å². The van der Waals surface area contributed by atoms with Crippen molar-refractivity contribution in [2.75, 3.05) is 10.6 Å². The third kappa shape index (κ3) is 4.53. The SMILES string of the molecule is CC(=O)Nc1sc2c(c1C(=O)Nc1cccc(Cl)c1)CCC(C(C)(C)C)C2. The molecular weight excluding hydrogens is 380 g/mol. The fourth-order valence-corrected chi connectivity index (χ4v) is 5.13. The van der Waals surface area contributed by atoms with Crippen LogP contribution >= 0.6 is 22.9 Å². The van der Waals surface area contributed by atoms with Gasteiger partial charge in [-0.3, -0.25) is 9.59 Å². The maximum Gasteiger partial charge on any atom is 0.258 e. The quantitative estimate of drug-likeness (QED) is 0.682. The highest BCUT2D eigenvalue weighted by Gasteiger charge is 2.33. The lowest BCUT2D eigenvalue weighted by Crippen LogP contribution is -2.27. The Morgan fingerprint density at radius 3 is 2.59 bits per heavy atom. The van der Waals surface area contributed by atoms with Crippen molar-refractivity contribution in [2.45, 2.75) is 47.0 Å². The van der Waals surface area contributed by atoms with Crippen molar-refractivity contribution in [2.24, 2.45) is 11.3 Å². The first kappa shape index (κ1) is 19.9. The number of thiophene rings is 1. The van der Waals surface area contributed by atoms with Gasteiger partial charge in [0.2, 0.25) is 5.91 Å². The first-order chi connectivity index (χ1) is 12.6. The molecule has 27 heavy (non-hydrogen) atoms. The molecule has 0 fully saturated rings. The summed E-state index contributed by atoms with van der Waals surface area (Å²) in [6.07, 6.45) is 2.84. The van der Waals surface area contributed by atoms with E-state index in [1.165, 1.54) is 23.1 Å². The van der Waals surface area contributed by atoms with Gasteiger partial charge in [-0.2, -0.15) is 0 Å². The molecule has 3 rings (SSSR count). The fourth-order valence-electron chi connectivity index (χ4n) is 3.57. The number of carbonyl (C=O) groups excluding carboxylic acids is 2. The zero-order valence-corrected chi connectivity index (χ0v) is 17.7. The predicted molar refractivity (Wildman–Crippen MR) is 113 cm³/mol. The molecule has 2 aromatic rings. The van der Waals surface area contributed by atoms with E-state index in [1.807, 2.05) is 0 Å². The number of hydrogen-bond donors (Lipinski definition) is 2. The summed E-state index contributed by atoms with van der Waals surface area (Å²) in [5, 5.41) is 6.98. The second-order valence-electron chi connectivity index (χ2n) is 8.16. The number of fused-ring (bicyclic) bond motifs is 1. The molecule has 0 spiro atoms. The van der Waals surface area contributed by atoms with E-state index in [1.54, 1.807) is 24.3 Å². The number of hydrogen-bond acceptors (Lipinski definition) is 3. The van der Waals surface area contributed by atoms with Crippen LogP contribution in [0.15, 0.2) is 24.3 Å². The van der Waals surface area contributed by atoms with Crippen LogP contribution in [0.2, 0.25) is 5.02 Å². The largest absolute Gasteiger partial charge is 0.322 e. The summed E-state index contributed by atoms with van der Waals surface area (Å²) in [5.74, 6) is 0.197. The third-order valence-corrected chi connectivity index (χ3v) is 6.49. The van der Waals surface area contributed by atoms with Crippen LogP contribution in [-0.2, 0) is 17.6 Å². The zero-order chi connectivity index (χ0) is 19.8. The molecule has 1 aliphatic carbocycles. The Bertz CT molecular complexity index is 883. The van der Waals surface area contributed by atoms with Gasteiger partial charge in [-0.05, 0) is 54.4 Å². The van der Waals surface area contributed by atoms with E-state index >= 15 is 0 Å². The van der Waals surface area contributed by atoms with Gasteiger partial charge < -0.3 is 10.6 Å². The third-order valence-electron chi connectivity index (χ3n) is 5.09. The van der Waals surface area contributed by atoms with Crippen LogP contribution in [-0.4, -0.2) is 11.8 Å². The second-order valence-corrected chi connectivity index (χ2v) is 9.70. The maximum absolute atomic E-state index is 13.0. The van der Waals surface area contributed by atoms with Gasteiger partial charge in [0.25, 0.3) is 5.91 Å². The molecule has 1 heterocycles. The van der Waals surface area contributed by atoms with Crippen LogP contribution in [0, 0.1) is 11.3 Å². The topological polar surface area (TPSA) is 58.2 Å². The molecule has 0 saturated carbocycles. The summed E-state index contributed by atoms with van der Waals surface area (Å²) >= 11 is 7.55.